The minimum Gasteiger partial charge on any atom is -0.385 e. The summed E-state index contributed by atoms with van der Waals surface area (Å²) in [5.74, 6) is 0.761. The Morgan fingerprint density at radius 1 is 1.44 bits per heavy atom. The fraction of sp³-hybridized carbons (Fsp3) is 0.538. The molecule has 0 saturated heterocycles. The lowest BCUT2D eigenvalue weighted by molar-refractivity contribution is -0.384. The molecule has 1 fully saturated rings. The molecule has 1 N–H and O–H groups in total. The van der Waals surface area contributed by atoms with Gasteiger partial charge >= 0.3 is 0 Å². The van der Waals surface area contributed by atoms with Crippen molar-refractivity contribution in [3.05, 3.63) is 28.3 Å². The maximum absolute atomic E-state index is 10.9. The van der Waals surface area contributed by atoms with Gasteiger partial charge in [0.05, 0.1) is 4.92 Å². The molecular formula is C13H19N3O2. The highest BCUT2D eigenvalue weighted by atomic mass is 16.6. The number of anilines is 2. The van der Waals surface area contributed by atoms with Crippen molar-refractivity contribution in [3.63, 3.8) is 0 Å². The number of benzene rings is 1. The predicted octanol–water partition coefficient (Wildman–Crippen LogP) is 2.87. The highest BCUT2D eigenvalue weighted by Gasteiger charge is 2.23. The molecule has 0 spiro atoms. The number of nitrogens with zero attached hydrogens (tertiary/aromatic N) is 2. The fourth-order valence-electron chi connectivity index (χ4n) is 2.02. The summed E-state index contributed by atoms with van der Waals surface area (Å²) in [6.07, 6.45) is 2.55. The van der Waals surface area contributed by atoms with Crippen LogP contribution in [0.1, 0.15) is 19.8 Å². The van der Waals surface area contributed by atoms with Gasteiger partial charge < -0.3 is 10.2 Å². The van der Waals surface area contributed by atoms with Crippen molar-refractivity contribution in [2.24, 2.45) is 5.92 Å². The van der Waals surface area contributed by atoms with Crippen molar-refractivity contribution in [2.45, 2.75) is 19.8 Å². The van der Waals surface area contributed by atoms with Crippen molar-refractivity contribution in [1.29, 1.82) is 0 Å². The van der Waals surface area contributed by atoms with Gasteiger partial charge in [-0.2, -0.15) is 0 Å². The molecule has 2 rings (SSSR count). The van der Waals surface area contributed by atoms with Gasteiger partial charge in [-0.1, -0.05) is 0 Å². The Morgan fingerprint density at radius 3 is 2.72 bits per heavy atom. The number of nitro groups is 1. The first-order valence-corrected chi connectivity index (χ1v) is 6.34. The largest absolute Gasteiger partial charge is 0.385 e. The highest BCUT2D eigenvalue weighted by molar-refractivity contribution is 5.64. The van der Waals surface area contributed by atoms with Gasteiger partial charge in [-0.05, 0) is 31.7 Å². The maximum atomic E-state index is 10.9. The van der Waals surface area contributed by atoms with Crippen LogP contribution in [-0.2, 0) is 0 Å². The van der Waals surface area contributed by atoms with E-state index in [2.05, 4.69) is 10.2 Å². The van der Waals surface area contributed by atoms with Crippen molar-refractivity contribution in [1.82, 2.24) is 0 Å². The molecule has 0 heterocycles. The third kappa shape index (κ3) is 3.12. The fourth-order valence-corrected chi connectivity index (χ4v) is 2.02. The first-order valence-electron chi connectivity index (χ1n) is 6.34. The summed E-state index contributed by atoms with van der Waals surface area (Å²) in [7, 11) is 1.99. The lowest BCUT2D eigenvalue weighted by atomic mass is 10.2. The van der Waals surface area contributed by atoms with Crippen LogP contribution < -0.4 is 10.2 Å². The van der Waals surface area contributed by atoms with Crippen molar-refractivity contribution in [3.8, 4) is 0 Å². The first kappa shape index (κ1) is 12.7. The Hall–Kier alpha value is -1.78. The van der Waals surface area contributed by atoms with Gasteiger partial charge in [0.1, 0.15) is 0 Å². The third-order valence-corrected chi connectivity index (χ3v) is 3.16. The third-order valence-electron chi connectivity index (χ3n) is 3.16. The normalized spacial score (nSPS) is 14.3. The van der Waals surface area contributed by atoms with Gasteiger partial charge in [-0.3, -0.25) is 10.1 Å². The molecule has 5 heteroatoms. The number of non-ortho nitro benzene ring substituents is 1. The van der Waals surface area contributed by atoms with E-state index in [9.17, 15) is 10.1 Å². The number of hydrogen-bond acceptors (Lipinski definition) is 4. The van der Waals surface area contributed by atoms with Gasteiger partial charge in [0.2, 0.25) is 0 Å². The monoisotopic (exact) mass is 249 g/mol. The molecule has 98 valence electrons. The molecule has 0 bridgehead atoms. The van der Waals surface area contributed by atoms with Gasteiger partial charge in [-0.15, -0.1) is 0 Å². The van der Waals surface area contributed by atoms with Crippen LogP contribution in [0, 0.1) is 16.0 Å². The molecule has 0 radical (unpaired) electrons. The molecule has 0 amide bonds. The number of nitrogens with one attached hydrogen (secondary N) is 1. The maximum Gasteiger partial charge on any atom is 0.273 e. The molecule has 0 aromatic heterocycles. The Bertz CT molecular complexity index is 444. The zero-order valence-corrected chi connectivity index (χ0v) is 10.8. The Kier molecular flexibility index (Phi) is 3.69. The predicted molar refractivity (Wildman–Crippen MR) is 73.3 cm³/mol. The van der Waals surface area contributed by atoms with Crippen LogP contribution in [0.25, 0.3) is 0 Å². The van der Waals surface area contributed by atoms with E-state index in [-0.39, 0.29) is 10.6 Å². The Morgan fingerprint density at radius 2 is 2.17 bits per heavy atom. The zero-order valence-electron chi connectivity index (χ0n) is 10.8. The summed E-state index contributed by atoms with van der Waals surface area (Å²) in [6.45, 7) is 3.71. The lowest BCUT2D eigenvalue weighted by Crippen LogP contribution is -2.20. The second kappa shape index (κ2) is 5.25. The summed E-state index contributed by atoms with van der Waals surface area (Å²) < 4.78 is 0. The lowest BCUT2D eigenvalue weighted by Gasteiger charge is -2.19. The molecule has 1 aliphatic carbocycles. The summed E-state index contributed by atoms with van der Waals surface area (Å²) in [6, 6.07) is 5.19. The minimum absolute atomic E-state index is 0.145. The zero-order chi connectivity index (χ0) is 13.1. The number of hydrogen-bond donors (Lipinski definition) is 1. The molecule has 1 aliphatic rings. The molecule has 0 unspecified atom stereocenters. The van der Waals surface area contributed by atoms with Gasteiger partial charge in [-0.25, -0.2) is 0 Å². The van der Waals surface area contributed by atoms with Crippen LogP contribution in [0.4, 0.5) is 17.1 Å². The average Bonchev–Trinajstić information content (AvgIpc) is 3.13. The first-order chi connectivity index (χ1) is 8.60. The van der Waals surface area contributed by atoms with Gasteiger partial charge in [0.25, 0.3) is 5.69 Å². The molecular weight excluding hydrogens is 230 g/mol. The Labute approximate surface area is 107 Å². The van der Waals surface area contributed by atoms with Crippen LogP contribution >= 0.6 is 0 Å². The van der Waals surface area contributed by atoms with E-state index in [1.165, 1.54) is 12.8 Å². The summed E-state index contributed by atoms with van der Waals surface area (Å²) in [5.41, 5.74) is 1.86. The Balaban J connectivity index is 2.23. The molecule has 18 heavy (non-hydrogen) atoms. The van der Waals surface area contributed by atoms with Crippen molar-refractivity contribution >= 4 is 17.1 Å². The number of nitro benzene ring substituents is 1. The van der Waals surface area contributed by atoms with E-state index in [0.29, 0.717) is 0 Å². The van der Waals surface area contributed by atoms with E-state index in [1.807, 2.05) is 20.0 Å². The van der Waals surface area contributed by atoms with Crippen LogP contribution in [0.15, 0.2) is 18.2 Å². The second-order valence-electron chi connectivity index (χ2n) is 4.85. The molecule has 5 nitrogen and oxygen atoms in total. The van der Waals surface area contributed by atoms with Crippen LogP contribution in [-0.4, -0.2) is 25.1 Å². The van der Waals surface area contributed by atoms with E-state index in [0.717, 1.165) is 30.4 Å². The summed E-state index contributed by atoms with van der Waals surface area (Å²) in [4.78, 5) is 12.7. The number of rotatable bonds is 6. The van der Waals surface area contributed by atoms with Gasteiger partial charge in [0, 0.05) is 43.6 Å². The van der Waals surface area contributed by atoms with Crippen LogP contribution in [0.2, 0.25) is 0 Å². The summed E-state index contributed by atoms with van der Waals surface area (Å²) >= 11 is 0. The smallest absolute Gasteiger partial charge is 0.273 e. The van der Waals surface area contributed by atoms with Crippen LogP contribution in [0.3, 0.4) is 0 Å². The molecule has 1 saturated carbocycles. The van der Waals surface area contributed by atoms with Crippen LogP contribution in [0.5, 0.6) is 0 Å². The standard InChI is InChI=1S/C13H19N3O2/c1-3-14-11-6-12(8-13(7-11)16(17)18)15(2)9-10-4-5-10/h6-8,10,14H,3-5,9H2,1-2H3. The average molecular weight is 249 g/mol. The second-order valence-corrected chi connectivity index (χ2v) is 4.85. The highest BCUT2D eigenvalue weighted by Crippen LogP contribution is 2.32. The molecule has 1 aromatic carbocycles. The summed E-state index contributed by atoms with van der Waals surface area (Å²) in [5, 5.41) is 14.1. The van der Waals surface area contributed by atoms with E-state index >= 15 is 0 Å². The molecule has 0 aliphatic heterocycles. The topological polar surface area (TPSA) is 58.4 Å². The molecule has 1 aromatic rings. The van der Waals surface area contributed by atoms with E-state index in [4.69, 9.17) is 0 Å². The quantitative estimate of drug-likeness (QED) is 0.622. The minimum atomic E-state index is -0.338. The van der Waals surface area contributed by atoms with Crippen molar-refractivity contribution in [2.75, 3.05) is 30.4 Å². The SMILES string of the molecule is CCNc1cc(N(C)CC2CC2)cc([N+](=O)[O-])c1. The van der Waals surface area contributed by atoms with Gasteiger partial charge in [0.15, 0.2) is 0 Å². The van der Waals surface area contributed by atoms with Crippen molar-refractivity contribution < 1.29 is 4.92 Å². The van der Waals surface area contributed by atoms with E-state index in [1.54, 1.807) is 12.1 Å². The van der Waals surface area contributed by atoms with E-state index < -0.39 is 0 Å². The molecule has 0 atom stereocenters.